The third-order valence-electron chi connectivity index (χ3n) is 7.11. The monoisotopic (exact) mass is 526 g/mol. The molecule has 3 amide bonds. The number of hydrogen-bond acceptors (Lipinski definition) is 5. The highest BCUT2D eigenvalue weighted by molar-refractivity contribution is 5.94. The number of benzene rings is 1. The van der Waals surface area contributed by atoms with Crippen molar-refractivity contribution in [3.8, 4) is 0 Å². The summed E-state index contributed by atoms with van der Waals surface area (Å²) in [6.45, 7) is 9.52. The molecule has 1 saturated heterocycles. The first-order chi connectivity index (χ1) is 18.1. The molecule has 1 aliphatic rings. The van der Waals surface area contributed by atoms with Gasteiger partial charge in [-0.05, 0) is 43.2 Å². The number of rotatable bonds is 8. The Kier molecular flexibility index (Phi) is 10.3. The smallest absolute Gasteiger partial charge is 0.328 e. The largest absolute Gasteiger partial charge is 0.460 e. The molecule has 1 fully saturated rings. The molecule has 0 spiro atoms. The number of cyclic esters (lactones) is 1. The van der Waals surface area contributed by atoms with Crippen molar-refractivity contribution in [2.75, 3.05) is 0 Å². The Bertz CT molecular complexity index is 1130. The number of unbranched alkanes of at least 4 members (excludes halogenated alkanes) is 1. The number of aromatic amines is 1. The molecule has 3 rings (SSSR count). The Balaban J connectivity index is 1.91. The van der Waals surface area contributed by atoms with Crippen LogP contribution in [0.25, 0.3) is 10.9 Å². The number of fused-ring (bicyclic) bond motifs is 1. The van der Waals surface area contributed by atoms with E-state index in [2.05, 4.69) is 27.9 Å². The first kappa shape index (κ1) is 29.2. The van der Waals surface area contributed by atoms with E-state index in [-0.39, 0.29) is 30.6 Å². The van der Waals surface area contributed by atoms with E-state index in [0.717, 1.165) is 35.7 Å². The molecule has 0 bridgehead atoms. The maximum atomic E-state index is 13.3. The summed E-state index contributed by atoms with van der Waals surface area (Å²) in [4.78, 5) is 56.0. The van der Waals surface area contributed by atoms with Crippen LogP contribution in [0.3, 0.4) is 0 Å². The highest BCUT2D eigenvalue weighted by Crippen LogP contribution is 2.22. The van der Waals surface area contributed by atoms with Crippen molar-refractivity contribution in [3.05, 3.63) is 36.0 Å². The van der Waals surface area contributed by atoms with Gasteiger partial charge in [-0.1, -0.05) is 58.7 Å². The molecule has 0 unspecified atom stereocenters. The fraction of sp³-hybridized carbons (Fsp3) is 0.586. The van der Waals surface area contributed by atoms with Gasteiger partial charge in [0.2, 0.25) is 17.7 Å². The van der Waals surface area contributed by atoms with Crippen molar-refractivity contribution < 1.29 is 23.9 Å². The van der Waals surface area contributed by atoms with Crippen LogP contribution in [0, 0.1) is 11.8 Å². The van der Waals surface area contributed by atoms with Crippen molar-refractivity contribution in [1.82, 2.24) is 20.9 Å². The SMILES string of the molecule is CCCC[C@H](C)[C@@H]1CC(=O)N[C@H](Cc2c[nH]c3ccccc23)C(=O)N[C@@H](C)C(=O)N[C@H](CC(C)C)C(=O)O1. The Morgan fingerprint density at radius 1 is 0.974 bits per heavy atom. The number of carbonyl (C=O) groups excluding carboxylic acids is 4. The van der Waals surface area contributed by atoms with Crippen LogP contribution in [0.4, 0.5) is 0 Å². The van der Waals surface area contributed by atoms with Gasteiger partial charge in [0.25, 0.3) is 0 Å². The molecule has 208 valence electrons. The zero-order valence-corrected chi connectivity index (χ0v) is 23.1. The van der Waals surface area contributed by atoms with Gasteiger partial charge in [0.15, 0.2) is 0 Å². The normalized spacial score (nSPS) is 24.5. The van der Waals surface area contributed by atoms with Crippen molar-refractivity contribution in [1.29, 1.82) is 0 Å². The van der Waals surface area contributed by atoms with Gasteiger partial charge in [-0.25, -0.2) is 4.79 Å². The van der Waals surface area contributed by atoms with Gasteiger partial charge in [-0.15, -0.1) is 0 Å². The van der Waals surface area contributed by atoms with E-state index in [9.17, 15) is 19.2 Å². The number of hydrogen-bond donors (Lipinski definition) is 4. The summed E-state index contributed by atoms with van der Waals surface area (Å²) in [6.07, 6.45) is 4.43. The van der Waals surface area contributed by atoms with Gasteiger partial charge >= 0.3 is 5.97 Å². The van der Waals surface area contributed by atoms with Gasteiger partial charge in [0, 0.05) is 23.5 Å². The van der Waals surface area contributed by atoms with Crippen molar-refractivity contribution in [2.24, 2.45) is 11.8 Å². The molecule has 0 aliphatic carbocycles. The Morgan fingerprint density at radius 3 is 2.42 bits per heavy atom. The highest BCUT2D eigenvalue weighted by Gasteiger charge is 2.34. The standard InChI is InChI=1S/C29H42N4O5/c1-6-7-10-18(4)25-15-26(34)32-23(14-20-16-30-22-12-9-8-11-21(20)22)28(36)31-19(5)27(35)33-24(13-17(2)3)29(37)38-25/h8-9,11-12,16-19,23-25,30H,6-7,10,13-15H2,1-5H3,(H,31,36)(H,32,34)(H,33,35)/t18-,19-,23+,24+,25-/m0/s1. The fourth-order valence-corrected chi connectivity index (χ4v) is 4.83. The maximum absolute atomic E-state index is 13.3. The zero-order valence-electron chi connectivity index (χ0n) is 23.1. The van der Waals surface area contributed by atoms with Gasteiger partial charge in [0.1, 0.15) is 24.2 Å². The lowest BCUT2D eigenvalue weighted by Gasteiger charge is -2.27. The quantitative estimate of drug-likeness (QED) is 0.392. The van der Waals surface area contributed by atoms with Crippen LogP contribution in [-0.2, 0) is 30.3 Å². The first-order valence-electron chi connectivity index (χ1n) is 13.7. The number of esters is 1. The van der Waals surface area contributed by atoms with E-state index in [1.165, 1.54) is 0 Å². The summed E-state index contributed by atoms with van der Waals surface area (Å²) in [5.74, 6) is -1.82. The van der Waals surface area contributed by atoms with Crippen molar-refractivity contribution >= 4 is 34.6 Å². The molecule has 9 heteroatoms. The molecule has 38 heavy (non-hydrogen) atoms. The summed E-state index contributed by atoms with van der Waals surface area (Å²) in [7, 11) is 0. The number of para-hydroxylation sites is 1. The fourth-order valence-electron chi connectivity index (χ4n) is 4.83. The van der Waals surface area contributed by atoms with Crippen LogP contribution >= 0.6 is 0 Å². The summed E-state index contributed by atoms with van der Waals surface area (Å²) in [5.41, 5.74) is 1.80. The molecule has 0 saturated carbocycles. The minimum Gasteiger partial charge on any atom is -0.460 e. The molecule has 0 radical (unpaired) electrons. The number of H-pyrrole nitrogens is 1. The lowest BCUT2D eigenvalue weighted by Crippen LogP contribution is -2.55. The minimum absolute atomic E-state index is 0.0633. The van der Waals surface area contributed by atoms with Crippen LogP contribution in [0.15, 0.2) is 30.5 Å². The van der Waals surface area contributed by atoms with Crippen LogP contribution < -0.4 is 16.0 Å². The average Bonchev–Trinajstić information content (AvgIpc) is 3.27. The predicted octanol–water partition coefficient (Wildman–Crippen LogP) is 3.37. The molecular formula is C29H42N4O5. The van der Waals surface area contributed by atoms with E-state index >= 15 is 0 Å². The molecular weight excluding hydrogens is 484 g/mol. The summed E-state index contributed by atoms with van der Waals surface area (Å²) in [5, 5.41) is 9.30. The van der Waals surface area contributed by atoms with Crippen molar-refractivity contribution in [3.63, 3.8) is 0 Å². The number of ether oxygens (including phenoxy) is 1. The Morgan fingerprint density at radius 2 is 1.71 bits per heavy atom. The van der Waals surface area contributed by atoms with E-state index in [1.54, 1.807) is 6.92 Å². The summed E-state index contributed by atoms with van der Waals surface area (Å²) < 4.78 is 5.89. The van der Waals surface area contributed by atoms with E-state index in [4.69, 9.17) is 4.74 Å². The predicted molar refractivity (Wildman–Crippen MR) is 146 cm³/mol. The Labute approximate surface area is 224 Å². The second kappa shape index (κ2) is 13.4. The number of carbonyl (C=O) groups is 4. The van der Waals surface area contributed by atoms with E-state index in [1.807, 2.05) is 51.2 Å². The molecule has 9 nitrogen and oxygen atoms in total. The van der Waals surface area contributed by atoms with Gasteiger partial charge in [-0.2, -0.15) is 0 Å². The van der Waals surface area contributed by atoms with Crippen LogP contribution in [0.2, 0.25) is 0 Å². The summed E-state index contributed by atoms with van der Waals surface area (Å²) >= 11 is 0. The lowest BCUT2D eigenvalue weighted by atomic mass is 9.95. The summed E-state index contributed by atoms with van der Waals surface area (Å²) in [6, 6.07) is 5.05. The topological polar surface area (TPSA) is 129 Å². The van der Waals surface area contributed by atoms with E-state index < -0.39 is 42.0 Å². The van der Waals surface area contributed by atoms with Crippen LogP contribution in [-0.4, -0.2) is 52.9 Å². The second-order valence-electron chi connectivity index (χ2n) is 10.9. The van der Waals surface area contributed by atoms with Crippen LogP contribution in [0.1, 0.15) is 72.3 Å². The molecule has 2 heterocycles. The van der Waals surface area contributed by atoms with Gasteiger partial charge < -0.3 is 25.7 Å². The third-order valence-corrected chi connectivity index (χ3v) is 7.11. The minimum atomic E-state index is -0.911. The molecule has 4 N–H and O–H groups in total. The van der Waals surface area contributed by atoms with Gasteiger partial charge in [-0.3, -0.25) is 14.4 Å². The zero-order chi connectivity index (χ0) is 27.8. The highest BCUT2D eigenvalue weighted by atomic mass is 16.5. The molecule has 1 aromatic heterocycles. The molecule has 1 aliphatic heterocycles. The Hall–Kier alpha value is -3.36. The number of nitrogens with one attached hydrogen (secondary N) is 4. The van der Waals surface area contributed by atoms with Crippen molar-refractivity contribution in [2.45, 2.75) is 97.4 Å². The second-order valence-corrected chi connectivity index (χ2v) is 10.9. The maximum Gasteiger partial charge on any atom is 0.328 e. The third kappa shape index (κ3) is 7.82. The molecule has 1 aromatic carbocycles. The first-order valence-corrected chi connectivity index (χ1v) is 13.7. The molecule has 5 atom stereocenters. The van der Waals surface area contributed by atoms with E-state index in [0.29, 0.717) is 6.42 Å². The van der Waals surface area contributed by atoms with Crippen LogP contribution in [0.5, 0.6) is 0 Å². The molecule has 2 aromatic rings. The lowest BCUT2D eigenvalue weighted by molar-refractivity contribution is -0.157. The average molecular weight is 527 g/mol. The number of aromatic nitrogens is 1. The van der Waals surface area contributed by atoms with Gasteiger partial charge in [0.05, 0.1) is 6.42 Å². The number of amides is 3.